The van der Waals surface area contributed by atoms with E-state index in [0.29, 0.717) is 84.0 Å². The molecule has 0 aromatic heterocycles. The summed E-state index contributed by atoms with van der Waals surface area (Å²) >= 11 is 9.67. The van der Waals surface area contributed by atoms with Crippen LogP contribution >= 0.6 is 46.9 Å². The molecule has 3 aromatic rings. The highest BCUT2D eigenvalue weighted by atomic mass is 35.5. The predicted molar refractivity (Wildman–Crippen MR) is 518 cm³/mol. The maximum Gasteiger partial charge on any atom is 0.417 e. The minimum Gasteiger partial charge on any atom is -0.480 e. The van der Waals surface area contributed by atoms with Crippen molar-refractivity contribution in [2.45, 2.75) is 341 Å². The largest absolute Gasteiger partial charge is 0.480 e. The molecule has 3 unspecified atom stereocenters. The quantitative estimate of drug-likeness (QED) is 0.0265. The van der Waals surface area contributed by atoms with Crippen molar-refractivity contribution < 1.29 is 138 Å². The molecule has 135 heavy (non-hydrogen) atoms. The van der Waals surface area contributed by atoms with Crippen LogP contribution in [0.4, 0.5) is 9.59 Å². The van der Waals surface area contributed by atoms with Crippen molar-refractivity contribution in [2.75, 3.05) is 123 Å². The number of carbonyl (C=O) groups excluding carboxylic acids is 7. The normalized spacial score (nSPS) is 25.1. The SMILES string of the molecule is CC(=O)SC[C@@H]1CCCCO1.CC(C)(SC[C@@H]1CCCCO1)C(=O)O.CCOC(=O)C(C)(C)SC[C@@H]1CCCCO1.Cc1ccc(S(=O)(=O)OC[C@@H]2CCCCO2)cc1.O=C(Cl)C1CCCCO1.O=C(O)C1CCCCO1.O=C1OC[C@H](Cc2ccccc2)N1C(=O)[C@@H]1CCCCO1.O=C1OC[C@H](Cc2ccccc2)N1C(=O)[C@H]1CCCCO1.OCC1CCCCO1.OC[C@@H]1CCCCO1. The zero-order valence-corrected chi connectivity index (χ0v) is 84.5. The Morgan fingerprint density at radius 2 is 0.770 bits per heavy atom. The number of imide groups is 2. The van der Waals surface area contributed by atoms with Gasteiger partial charge in [-0.25, -0.2) is 24.2 Å². The van der Waals surface area contributed by atoms with Gasteiger partial charge in [0, 0.05) is 90.3 Å². The van der Waals surface area contributed by atoms with E-state index in [1.54, 1.807) is 56.8 Å². The molecular formula is C99H153ClN2O29S4. The molecule has 4 amide bonds. The summed E-state index contributed by atoms with van der Waals surface area (Å²) in [5, 5.41) is 34.3. The molecular weight excluding hydrogens is 1840 g/mol. The van der Waals surface area contributed by atoms with Gasteiger partial charge in [0.05, 0.1) is 80.0 Å². The van der Waals surface area contributed by atoms with Crippen molar-refractivity contribution in [1.29, 1.82) is 0 Å². The van der Waals surface area contributed by atoms with Gasteiger partial charge in [0.25, 0.3) is 21.9 Å². The van der Waals surface area contributed by atoms with Crippen LogP contribution in [0.1, 0.15) is 251 Å². The number of carbonyl (C=O) groups is 9. The molecule has 12 atom stereocenters. The Morgan fingerprint density at radius 1 is 0.437 bits per heavy atom. The Labute approximate surface area is 817 Å². The maximum absolute atomic E-state index is 12.5. The number of thioether (sulfide) groups is 3. The van der Waals surface area contributed by atoms with Crippen molar-refractivity contribution >= 4 is 109 Å². The monoisotopic (exact) mass is 2000 g/mol. The summed E-state index contributed by atoms with van der Waals surface area (Å²) in [7, 11) is -3.66. The number of amides is 4. The van der Waals surface area contributed by atoms with Gasteiger partial charge in [-0.15, -0.1) is 23.5 Å². The van der Waals surface area contributed by atoms with Gasteiger partial charge in [0.2, 0.25) is 5.24 Å². The summed E-state index contributed by atoms with van der Waals surface area (Å²) in [6, 6.07) is 25.8. The second-order valence-corrected chi connectivity index (χ2v) is 42.1. The van der Waals surface area contributed by atoms with Crippen molar-refractivity contribution in [3.8, 4) is 0 Å². The number of aliphatic hydroxyl groups is 2. The van der Waals surface area contributed by atoms with Crippen LogP contribution in [0.3, 0.4) is 0 Å². The standard InChI is InChI=1S/2C16H19NO4.C13H18O4S.C12H22O3S.C10H18O3S.C8H14O2S.C6H9ClO2.C6H10O3.2C6H12O2/c2*18-15(14-8-4-5-9-20-14)17-13(11-21-16(17)19)10-12-6-2-1-3-7-12;1-11-5-7-13(8-6-11)18(14,15)17-10-12-4-2-3-9-16-12;1-4-14-11(13)12(2,3)16-9-10-7-5-6-8-15-10;1-10(2,9(11)12)14-7-8-5-3-4-6-13-8;1-7(9)11-6-8-4-2-3-5-10-8;2*7-6(8)5-3-1-2-4-9-5;2*7-5-6-3-1-2-4-8-6/h2*1-3,6-7,13-14H,4-5,8-11H2;5-8,12H,2-4,9-10H2,1H3;10H,4-9H2,1-3H3;8H,3-7H2,1-2H3,(H,11,12);8H,2-6H2,1H3;5H,1-4H2;5H,1-4H2,(H,7,8);2*6-7H,1-5H2/t13-,14+;13-,14-;12-;10-;2*8-;;;6-;/m000000..0./s1. The first kappa shape index (κ1) is 118. The third-order valence-corrected chi connectivity index (χ3v) is 29.0. The van der Waals surface area contributed by atoms with Crippen LogP contribution in [0.2, 0.25) is 0 Å². The number of aliphatic carboxylic acids is 2. The number of rotatable bonds is 25. The number of halogens is 1. The van der Waals surface area contributed by atoms with E-state index in [4.69, 9.17) is 97.8 Å². The van der Waals surface area contributed by atoms with Gasteiger partial charge in [-0.3, -0.25) is 33.0 Å². The molecule has 12 fully saturated rings. The molecule has 3 aromatic carbocycles. The zero-order chi connectivity index (χ0) is 98.1. The first-order valence-electron chi connectivity index (χ1n) is 48.6. The number of esters is 1. The third-order valence-electron chi connectivity index (χ3n) is 23.6. The van der Waals surface area contributed by atoms with Crippen molar-refractivity contribution in [3.63, 3.8) is 0 Å². The van der Waals surface area contributed by atoms with Crippen molar-refractivity contribution in [2.24, 2.45) is 0 Å². The average Bonchev–Trinajstić information content (AvgIpc) is 1.67. The van der Waals surface area contributed by atoms with Crippen LogP contribution < -0.4 is 0 Å². The molecule has 764 valence electrons. The Morgan fingerprint density at radius 3 is 1.07 bits per heavy atom. The number of cyclic esters (lactones) is 2. The van der Waals surface area contributed by atoms with E-state index in [9.17, 15) is 51.6 Å². The highest BCUT2D eigenvalue weighted by Crippen LogP contribution is 2.33. The fraction of sp³-hybridized carbons (Fsp3) is 0.727. The van der Waals surface area contributed by atoms with Crippen LogP contribution in [0.5, 0.6) is 0 Å². The van der Waals surface area contributed by atoms with Gasteiger partial charge in [-0.05, 0) is 282 Å². The van der Waals surface area contributed by atoms with Crippen LogP contribution in [-0.2, 0) is 122 Å². The van der Waals surface area contributed by atoms with Gasteiger partial charge in [0.1, 0.15) is 41.0 Å². The fourth-order valence-corrected chi connectivity index (χ4v) is 19.2. The summed E-state index contributed by atoms with van der Waals surface area (Å²) in [5.41, 5.74) is 3.19. The van der Waals surface area contributed by atoms with Crippen molar-refractivity contribution in [1.82, 2.24) is 9.80 Å². The number of hydrogen-bond acceptors (Lipinski definition) is 30. The van der Waals surface area contributed by atoms with E-state index in [1.807, 2.05) is 88.4 Å². The Hall–Kier alpha value is -5.94. The highest BCUT2D eigenvalue weighted by Gasteiger charge is 2.44. The number of carboxylic acid groups (broad SMARTS) is 2. The number of nitrogens with zero attached hydrogens (tertiary/aromatic N) is 2. The minimum absolute atomic E-state index is 0.0982. The molecule has 0 saturated carbocycles. The molecule has 12 aliphatic heterocycles. The van der Waals surface area contributed by atoms with E-state index >= 15 is 0 Å². The summed E-state index contributed by atoms with van der Waals surface area (Å²) in [6.45, 7) is 21.5. The minimum atomic E-state index is -3.66. The van der Waals surface area contributed by atoms with Crippen LogP contribution in [0, 0.1) is 6.92 Å². The van der Waals surface area contributed by atoms with Gasteiger partial charge in [-0.2, -0.15) is 8.42 Å². The lowest BCUT2D eigenvalue weighted by Gasteiger charge is -2.27. The number of aryl methyl sites for hydroxylation is 1. The first-order chi connectivity index (χ1) is 64.9. The Balaban J connectivity index is 0.000000235. The molecule has 4 N–H and O–H groups in total. The molecule has 0 spiro atoms. The Kier molecular flexibility index (Phi) is 58.8. The van der Waals surface area contributed by atoms with Gasteiger partial charge < -0.3 is 82.0 Å². The predicted octanol–water partition coefficient (Wildman–Crippen LogP) is 16.2. The summed E-state index contributed by atoms with van der Waals surface area (Å²) < 4.78 is 96.3. The third kappa shape index (κ3) is 47.9. The number of ether oxygens (including phenoxy) is 13. The summed E-state index contributed by atoms with van der Waals surface area (Å²) in [4.78, 5) is 105. The molecule has 12 saturated heterocycles. The maximum atomic E-state index is 12.5. The number of aliphatic hydroxyl groups excluding tert-OH is 2. The molecule has 31 nitrogen and oxygen atoms in total. The lowest BCUT2D eigenvalue weighted by molar-refractivity contribution is -0.153. The lowest BCUT2D eigenvalue weighted by atomic mass is 10.0. The molecule has 0 bridgehead atoms. The van der Waals surface area contributed by atoms with Crippen LogP contribution in [0.25, 0.3) is 0 Å². The highest BCUT2D eigenvalue weighted by molar-refractivity contribution is 8.13. The summed E-state index contributed by atoms with van der Waals surface area (Å²) in [5.74, 6) is 0.306. The topological polar surface area (TPSA) is 404 Å². The number of hydrogen-bond donors (Lipinski definition) is 4. The second-order valence-electron chi connectivity index (χ2n) is 35.6. The second kappa shape index (κ2) is 67.5. The fourth-order valence-electron chi connectivity index (χ4n) is 15.4. The molecule has 15 rings (SSSR count). The van der Waals surface area contributed by atoms with Gasteiger partial charge in [0.15, 0.2) is 11.2 Å². The van der Waals surface area contributed by atoms with E-state index in [-0.39, 0.29) is 109 Å². The van der Waals surface area contributed by atoms with E-state index in [2.05, 4.69) is 0 Å². The zero-order valence-electron chi connectivity index (χ0n) is 80.5. The average molecular weight is 2000 g/mol. The lowest BCUT2D eigenvalue weighted by Crippen LogP contribution is -2.47. The van der Waals surface area contributed by atoms with E-state index in [0.717, 1.165) is 195 Å². The number of carboxylic acids is 2. The molecule has 0 radical (unpaired) electrons. The van der Waals surface area contributed by atoms with Gasteiger partial charge in [-0.1, -0.05) is 90.1 Å². The van der Waals surface area contributed by atoms with Crippen LogP contribution in [0.15, 0.2) is 89.8 Å². The smallest absolute Gasteiger partial charge is 0.417 e. The Bertz CT molecular complexity index is 3770. The summed E-state index contributed by atoms with van der Waals surface area (Å²) in [6.07, 6.45) is 30.5. The molecule has 36 heteroatoms. The van der Waals surface area contributed by atoms with E-state index in [1.165, 1.54) is 78.3 Å². The first-order valence-corrected chi connectivity index (χ1v) is 53.3. The van der Waals surface area contributed by atoms with Crippen LogP contribution in [-0.4, -0.2) is 296 Å². The van der Waals surface area contributed by atoms with Crippen molar-refractivity contribution in [3.05, 3.63) is 102 Å². The molecule has 12 aliphatic rings. The molecule has 12 heterocycles. The molecule has 0 aliphatic carbocycles. The van der Waals surface area contributed by atoms with E-state index < -0.39 is 62.0 Å². The number of benzene rings is 3. The van der Waals surface area contributed by atoms with Gasteiger partial charge >= 0.3 is 30.1 Å².